The average molecular weight is 347 g/mol. The maximum atomic E-state index is 11.1. The van der Waals surface area contributed by atoms with Crippen LogP contribution in [0.15, 0.2) is 0 Å². The number of hydrogen-bond donors (Lipinski definition) is 3. The van der Waals surface area contributed by atoms with Crippen LogP contribution in [-0.4, -0.2) is 26.9 Å². The first kappa shape index (κ1) is 22.3. The van der Waals surface area contributed by atoms with Crippen LogP contribution in [0.25, 0.3) is 0 Å². The third-order valence-corrected chi connectivity index (χ3v) is 4.86. The lowest BCUT2D eigenvalue weighted by molar-refractivity contribution is -0.146. The number of carboxylic acids is 2. The molecule has 0 saturated carbocycles. The number of rotatable bonds is 16. The minimum Gasteiger partial charge on any atom is -0.481 e. The Morgan fingerprint density at radius 2 is 1.17 bits per heavy atom. The Balaban J connectivity index is 3.54. The second kappa shape index (κ2) is 13.7. The Hall–Kier alpha value is -0.710. The van der Waals surface area contributed by atoms with Crippen LogP contribution in [0, 0.1) is 0 Å². The van der Waals surface area contributed by atoms with E-state index in [1.807, 2.05) is 0 Å². The van der Waals surface area contributed by atoms with E-state index in [0.717, 1.165) is 19.3 Å². The maximum Gasteiger partial charge on any atom is 0.320 e. The molecule has 0 aliphatic rings. The Morgan fingerprint density at radius 3 is 1.52 bits per heavy atom. The molecule has 0 aromatic rings. The molecule has 0 radical (unpaired) electrons. The highest BCUT2D eigenvalue weighted by Gasteiger charge is 2.36. The lowest BCUT2D eigenvalue weighted by atomic mass is 9.96. The maximum absolute atomic E-state index is 11.1. The predicted octanol–water partition coefficient (Wildman–Crippen LogP) is 5.31. The Kier molecular flexibility index (Phi) is 13.3. The summed E-state index contributed by atoms with van der Waals surface area (Å²) in [6, 6.07) is 0. The molecule has 0 bridgehead atoms. The zero-order valence-electron chi connectivity index (χ0n) is 14.6. The summed E-state index contributed by atoms with van der Waals surface area (Å²) in [6.45, 7) is 2.23. The molecule has 0 fully saturated rings. The van der Waals surface area contributed by atoms with E-state index in [9.17, 15) is 9.59 Å². The third-order valence-electron chi connectivity index (χ3n) is 4.29. The molecule has 0 aliphatic heterocycles. The van der Waals surface area contributed by atoms with E-state index < -0.39 is 23.1 Å². The van der Waals surface area contributed by atoms with E-state index in [-0.39, 0.29) is 0 Å². The van der Waals surface area contributed by atoms with Gasteiger partial charge in [0, 0.05) is 0 Å². The number of carboxylic acid groups (broad SMARTS) is 2. The third kappa shape index (κ3) is 12.4. The minimum atomic E-state index is -1.43. The molecular formula is C18H34O4S. The van der Waals surface area contributed by atoms with Crippen LogP contribution >= 0.6 is 12.6 Å². The van der Waals surface area contributed by atoms with Gasteiger partial charge in [0.2, 0.25) is 0 Å². The molecule has 0 amide bonds. The molecule has 23 heavy (non-hydrogen) atoms. The van der Waals surface area contributed by atoms with Gasteiger partial charge in [0.25, 0.3) is 0 Å². The van der Waals surface area contributed by atoms with Gasteiger partial charge in [-0.05, 0) is 6.42 Å². The van der Waals surface area contributed by atoms with Crippen molar-refractivity contribution in [3.63, 3.8) is 0 Å². The van der Waals surface area contributed by atoms with Gasteiger partial charge in [0.1, 0.15) is 4.75 Å². The monoisotopic (exact) mass is 346 g/mol. The van der Waals surface area contributed by atoms with Gasteiger partial charge in [0.05, 0.1) is 6.42 Å². The van der Waals surface area contributed by atoms with Gasteiger partial charge in [-0.1, -0.05) is 84.0 Å². The molecule has 0 aromatic carbocycles. The summed E-state index contributed by atoms with van der Waals surface area (Å²) in [4.78, 5) is 21.9. The van der Waals surface area contributed by atoms with E-state index >= 15 is 0 Å². The Labute approximate surface area is 146 Å². The van der Waals surface area contributed by atoms with Gasteiger partial charge in [-0.3, -0.25) is 9.59 Å². The minimum absolute atomic E-state index is 0.315. The van der Waals surface area contributed by atoms with E-state index in [4.69, 9.17) is 10.2 Å². The van der Waals surface area contributed by atoms with Crippen LogP contribution in [-0.2, 0) is 9.59 Å². The topological polar surface area (TPSA) is 74.6 Å². The van der Waals surface area contributed by atoms with Gasteiger partial charge < -0.3 is 10.2 Å². The zero-order valence-corrected chi connectivity index (χ0v) is 15.5. The van der Waals surface area contributed by atoms with Crippen LogP contribution < -0.4 is 0 Å². The lowest BCUT2D eigenvalue weighted by Gasteiger charge is -2.21. The number of unbranched alkanes of at least 4 members (excludes halogenated alkanes) is 11. The highest BCUT2D eigenvalue weighted by Crippen LogP contribution is 2.27. The first-order valence-electron chi connectivity index (χ1n) is 9.10. The van der Waals surface area contributed by atoms with Crippen molar-refractivity contribution in [3.05, 3.63) is 0 Å². The Morgan fingerprint density at radius 1 is 0.783 bits per heavy atom. The number of aliphatic carboxylic acids is 2. The molecule has 4 nitrogen and oxygen atoms in total. The molecule has 0 heterocycles. The van der Waals surface area contributed by atoms with Crippen LogP contribution in [0.1, 0.15) is 96.8 Å². The fraction of sp³-hybridized carbons (Fsp3) is 0.889. The zero-order chi connectivity index (χ0) is 17.6. The fourth-order valence-electron chi connectivity index (χ4n) is 2.78. The molecule has 1 unspecified atom stereocenters. The van der Waals surface area contributed by atoms with Crippen LogP contribution in [0.4, 0.5) is 0 Å². The predicted molar refractivity (Wildman–Crippen MR) is 97.3 cm³/mol. The molecule has 1 atom stereocenters. The highest BCUT2D eigenvalue weighted by atomic mass is 32.1. The van der Waals surface area contributed by atoms with Gasteiger partial charge in [-0.2, -0.15) is 12.6 Å². The molecule has 0 spiro atoms. The lowest BCUT2D eigenvalue weighted by Crippen LogP contribution is -2.35. The molecule has 0 rings (SSSR count). The van der Waals surface area contributed by atoms with E-state index in [2.05, 4.69) is 19.6 Å². The van der Waals surface area contributed by atoms with Gasteiger partial charge in [0.15, 0.2) is 0 Å². The van der Waals surface area contributed by atoms with Crippen molar-refractivity contribution in [3.8, 4) is 0 Å². The van der Waals surface area contributed by atoms with Crippen molar-refractivity contribution >= 4 is 24.6 Å². The largest absolute Gasteiger partial charge is 0.481 e. The quantitative estimate of drug-likeness (QED) is 0.262. The van der Waals surface area contributed by atoms with Crippen molar-refractivity contribution in [1.82, 2.24) is 0 Å². The molecule has 2 N–H and O–H groups in total. The summed E-state index contributed by atoms with van der Waals surface area (Å²) >= 11 is 4.08. The first-order valence-corrected chi connectivity index (χ1v) is 9.54. The molecule has 136 valence electrons. The van der Waals surface area contributed by atoms with E-state index in [1.54, 1.807) is 0 Å². The average Bonchev–Trinajstić information content (AvgIpc) is 2.47. The number of thiol groups is 1. The van der Waals surface area contributed by atoms with Gasteiger partial charge in [-0.15, -0.1) is 0 Å². The smallest absolute Gasteiger partial charge is 0.320 e. The second-order valence-electron chi connectivity index (χ2n) is 6.55. The van der Waals surface area contributed by atoms with Crippen molar-refractivity contribution < 1.29 is 19.8 Å². The number of hydrogen-bond acceptors (Lipinski definition) is 3. The first-order chi connectivity index (χ1) is 10.9. The van der Waals surface area contributed by atoms with Crippen molar-refractivity contribution in [2.24, 2.45) is 0 Å². The summed E-state index contributed by atoms with van der Waals surface area (Å²) in [5, 5.41) is 17.9. The van der Waals surface area contributed by atoms with Crippen molar-refractivity contribution in [2.45, 2.75) is 102 Å². The summed E-state index contributed by atoms with van der Waals surface area (Å²) < 4.78 is -1.43. The molecule has 0 aromatic heterocycles. The summed E-state index contributed by atoms with van der Waals surface area (Å²) in [5.74, 6) is -2.24. The molecular weight excluding hydrogens is 312 g/mol. The molecule has 0 aliphatic carbocycles. The van der Waals surface area contributed by atoms with Crippen LogP contribution in [0.3, 0.4) is 0 Å². The normalized spacial score (nSPS) is 13.7. The standard InChI is InChI=1S/C18H34O4S/c1-2-3-4-5-6-7-8-9-10-11-12-13-14-18(23,17(21)22)15-16(19)20/h23H,2-15H2,1H3,(H,19,20)(H,21,22). The van der Waals surface area contributed by atoms with E-state index in [1.165, 1.54) is 57.8 Å². The van der Waals surface area contributed by atoms with Crippen molar-refractivity contribution in [2.75, 3.05) is 0 Å². The molecule has 5 heteroatoms. The van der Waals surface area contributed by atoms with Gasteiger partial charge in [-0.25, -0.2) is 0 Å². The van der Waals surface area contributed by atoms with Crippen LogP contribution in [0.2, 0.25) is 0 Å². The van der Waals surface area contributed by atoms with Crippen molar-refractivity contribution in [1.29, 1.82) is 0 Å². The van der Waals surface area contributed by atoms with E-state index in [0.29, 0.717) is 6.42 Å². The molecule has 0 saturated heterocycles. The van der Waals surface area contributed by atoms with Gasteiger partial charge >= 0.3 is 11.9 Å². The number of carbonyl (C=O) groups is 2. The highest BCUT2D eigenvalue weighted by molar-refractivity contribution is 7.82. The SMILES string of the molecule is CCCCCCCCCCCCCCC(S)(CC(=O)O)C(=O)O. The summed E-state index contributed by atoms with van der Waals surface area (Å²) in [6.07, 6.45) is 14.4. The van der Waals surface area contributed by atoms with Crippen LogP contribution in [0.5, 0.6) is 0 Å². The Bertz CT molecular complexity index is 333. The summed E-state index contributed by atoms with van der Waals surface area (Å²) in [5.41, 5.74) is 0. The fourth-order valence-corrected chi connectivity index (χ4v) is 3.07. The summed E-state index contributed by atoms with van der Waals surface area (Å²) in [7, 11) is 0. The second-order valence-corrected chi connectivity index (χ2v) is 7.40.